The summed E-state index contributed by atoms with van der Waals surface area (Å²) in [7, 11) is 1.58. The van der Waals surface area contributed by atoms with Crippen LogP contribution in [0.4, 0.5) is 5.69 Å². The number of carbonyl (C=O) groups excluding carboxylic acids is 2. The van der Waals surface area contributed by atoms with Crippen molar-refractivity contribution in [3.8, 4) is 5.75 Å². The SMILES string of the molecule is COc1ccc(C(=O)Nc2ccc3n(c2=O)CC2CC3CN(C3CCN(C(C)=O)CC3)C2)cc1. The van der Waals surface area contributed by atoms with E-state index in [1.807, 2.05) is 15.5 Å². The average Bonchev–Trinajstić information content (AvgIpc) is 2.86. The van der Waals surface area contributed by atoms with E-state index in [0.717, 1.165) is 51.1 Å². The number of nitrogens with one attached hydrogen (secondary N) is 1. The summed E-state index contributed by atoms with van der Waals surface area (Å²) >= 11 is 0. The Hall–Kier alpha value is -3.13. The number of anilines is 1. The van der Waals surface area contributed by atoms with Gasteiger partial charge in [-0.3, -0.25) is 19.3 Å². The Morgan fingerprint density at radius 1 is 1.00 bits per heavy atom. The van der Waals surface area contributed by atoms with Gasteiger partial charge < -0.3 is 19.5 Å². The zero-order valence-corrected chi connectivity index (χ0v) is 19.8. The lowest BCUT2D eigenvalue weighted by atomic mass is 9.82. The zero-order valence-electron chi connectivity index (χ0n) is 19.8. The molecule has 2 amide bonds. The molecule has 1 aromatic heterocycles. The molecule has 2 saturated heterocycles. The maximum Gasteiger partial charge on any atom is 0.274 e. The third-order valence-electron chi connectivity index (χ3n) is 7.66. The number of carbonyl (C=O) groups is 2. The van der Waals surface area contributed by atoms with Gasteiger partial charge in [0.05, 0.1) is 7.11 Å². The predicted octanol–water partition coefficient (Wildman–Crippen LogP) is 2.54. The maximum absolute atomic E-state index is 13.3. The second-order valence-corrected chi connectivity index (χ2v) is 9.76. The van der Waals surface area contributed by atoms with Gasteiger partial charge in [0, 0.05) is 62.9 Å². The number of hydrogen-bond donors (Lipinski definition) is 1. The molecule has 2 aromatic rings. The molecule has 2 fully saturated rings. The predicted molar refractivity (Wildman–Crippen MR) is 129 cm³/mol. The number of aromatic nitrogens is 1. The van der Waals surface area contributed by atoms with E-state index in [-0.39, 0.29) is 17.4 Å². The van der Waals surface area contributed by atoms with Gasteiger partial charge in [0.1, 0.15) is 11.4 Å². The van der Waals surface area contributed by atoms with Crippen molar-refractivity contribution in [3.05, 3.63) is 58.0 Å². The van der Waals surface area contributed by atoms with Crippen LogP contribution in [0.1, 0.15) is 48.2 Å². The van der Waals surface area contributed by atoms with Gasteiger partial charge in [0.15, 0.2) is 0 Å². The van der Waals surface area contributed by atoms with Gasteiger partial charge in [-0.1, -0.05) is 0 Å². The first-order valence-electron chi connectivity index (χ1n) is 12.1. The smallest absolute Gasteiger partial charge is 0.274 e. The summed E-state index contributed by atoms with van der Waals surface area (Å²) in [6, 6.07) is 11.1. The number of piperidine rings is 2. The van der Waals surface area contributed by atoms with Crippen LogP contribution in [0.25, 0.3) is 0 Å². The standard InChI is InChI=1S/C26H32N4O4/c1-17(31)28-11-9-21(10-12-28)29-14-18-13-20(16-29)24-8-7-23(26(33)30(24)15-18)27-25(32)19-3-5-22(34-2)6-4-19/h3-8,18,20-21H,9-16H2,1-2H3,(H,27,32). The molecule has 2 bridgehead atoms. The van der Waals surface area contributed by atoms with Gasteiger partial charge in [-0.15, -0.1) is 0 Å². The summed E-state index contributed by atoms with van der Waals surface area (Å²) in [5.41, 5.74) is 1.73. The van der Waals surface area contributed by atoms with Gasteiger partial charge in [-0.25, -0.2) is 0 Å². The van der Waals surface area contributed by atoms with Crippen LogP contribution in [-0.4, -0.2) is 65.5 Å². The molecule has 2 atom stereocenters. The molecule has 34 heavy (non-hydrogen) atoms. The number of fused-ring (bicyclic) bond motifs is 4. The highest BCUT2D eigenvalue weighted by molar-refractivity contribution is 6.04. The molecule has 5 rings (SSSR count). The maximum atomic E-state index is 13.3. The summed E-state index contributed by atoms with van der Waals surface area (Å²) in [5.74, 6) is 1.27. The zero-order chi connectivity index (χ0) is 23.8. The molecule has 4 heterocycles. The van der Waals surface area contributed by atoms with E-state index in [1.165, 1.54) is 0 Å². The minimum atomic E-state index is -0.306. The Morgan fingerprint density at radius 3 is 2.41 bits per heavy atom. The van der Waals surface area contributed by atoms with Crippen LogP contribution in [-0.2, 0) is 11.3 Å². The third-order valence-corrected chi connectivity index (χ3v) is 7.66. The molecule has 8 heteroatoms. The minimum absolute atomic E-state index is 0.128. The minimum Gasteiger partial charge on any atom is -0.497 e. The van der Waals surface area contributed by atoms with Crippen molar-refractivity contribution >= 4 is 17.5 Å². The lowest BCUT2D eigenvalue weighted by molar-refractivity contribution is -0.130. The number of nitrogens with zero attached hydrogens (tertiary/aromatic N) is 3. The fourth-order valence-electron chi connectivity index (χ4n) is 5.86. The number of rotatable bonds is 4. The topological polar surface area (TPSA) is 83.9 Å². The molecule has 8 nitrogen and oxygen atoms in total. The Labute approximate surface area is 199 Å². The van der Waals surface area contributed by atoms with Crippen LogP contribution in [0.3, 0.4) is 0 Å². The van der Waals surface area contributed by atoms with Gasteiger partial charge in [-0.2, -0.15) is 0 Å². The number of ether oxygens (including phenoxy) is 1. The second kappa shape index (κ2) is 9.25. The number of benzene rings is 1. The average molecular weight is 465 g/mol. The molecule has 0 spiro atoms. The van der Waals surface area contributed by atoms with E-state index >= 15 is 0 Å². The second-order valence-electron chi connectivity index (χ2n) is 9.76. The number of likely N-dealkylation sites (tertiary alicyclic amines) is 2. The fourth-order valence-corrected chi connectivity index (χ4v) is 5.86. The van der Waals surface area contributed by atoms with Crippen LogP contribution in [0, 0.1) is 5.92 Å². The summed E-state index contributed by atoms with van der Waals surface area (Å²) in [5, 5.41) is 2.80. The lowest BCUT2D eigenvalue weighted by Gasteiger charge is -2.47. The summed E-state index contributed by atoms with van der Waals surface area (Å²) in [4.78, 5) is 42.1. The van der Waals surface area contributed by atoms with E-state index in [2.05, 4.69) is 10.2 Å². The molecular weight excluding hydrogens is 432 g/mol. The first-order chi connectivity index (χ1) is 16.4. The highest BCUT2D eigenvalue weighted by Gasteiger charge is 2.38. The summed E-state index contributed by atoms with van der Waals surface area (Å²) in [6.45, 7) is 5.92. The first-order valence-corrected chi connectivity index (χ1v) is 12.1. The van der Waals surface area contributed by atoms with Crippen molar-refractivity contribution in [2.45, 2.75) is 44.7 Å². The monoisotopic (exact) mass is 464 g/mol. The first kappa shape index (κ1) is 22.7. The van der Waals surface area contributed by atoms with Crippen LogP contribution in [0.2, 0.25) is 0 Å². The van der Waals surface area contributed by atoms with E-state index in [9.17, 15) is 14.4 Å². The number of hydrogen-bond acceptors (Lipinski definition) is 5. The van der Waals surface area contributed by atoms with E-state index < -0.39 is 0 Å². The molecule has 0 saturated carbocycles. The Morgan fingerprint density at radius 2 is 1.74 bits per heavy atom. The van der Waals surface area contributed by atoms with E-state index in [4.69, 9.17) is 4.74 Å². The molecular formula is C26H32N4O4. The van der Waals surface area contributed by atoms with Gasteiger partial charge in [0.2, 0.25) is 5.91 Å². The van der Waals surface area contributed by atoms with Crippen molar-refractivity contribution in [1.29, 1.82) is 0 Å². The van der Waals surface area contributed by atoms with Crippen molar-refractivity contribution in [2.24, 2.45) is 5.92 Å². The molecule has 1 aromatic carbocycles. The normalized spacial score (nSPS) is 22.7. The largest absolute Gasteiger partial charge is 0.497 e. The van der Waals surface area contributed by atoms with Crippen molar-refractivity contribution in [1.82, 2.24) is 14.4 Å². The molecule has 2 unspecified atom stereocenters. The molecule has 180 valence electrons. The third kappa shape index (κ3) is 4.34. The highest BCUT2D eigenvalue weighted by atomic mass is 16.5. The van der Waals surface area contributed by atoms with Crippen LogP contribution >= 0.6 is 0 Å². The molecule has 3 aliphatic heterocycles. The Balaban J connectivity index is 1.29. The van der Waals surface area contributed by atoms with E-state index in [1.54, 1.807) is 44.4 Å². The molecule has 0 radical (unpaired) electrons. The Bertz CT molecular complexity index is 1130. The van der Waals surface area contributed by atoms with Crippen LogP contribution in [0.5, 0.6) is 5.75 Å². The fraction of sp³-hybridized carbons (Fsp3) is 0.500. The lowest BCUT2D eigenvalue weighted by Crippen LogP contribution is -2.53. The molecule has 3 aliphatic rings. The molecule has 0 aliphatic carbocycles. The van der Waals surface area contributed by atoms with Gasteiger partial charge >= 0.3 is 0 Å². The van der Waals surface area contributed by atoms with Crippen molar-refractivity contribution in [3.63, 3.8) is 0 Å². The number of amides is 2. The quantitative estimate of drug-likeness (QED) is 0.752. The van der Waals surface area contributed by atoms with Crippen LogP contribution < -0.4 is 15.6 Å². The van der Waals surface area contributed by atoms with Crippen molar-refractivity contribution < 1.29 is 14.3 Å². The number of methoxy groups -OCH3 is 1. The van der Waals surface area contributed by atoms with E-state index in [0.29, 0.717) is 41.4 Å². The van der Waals surface area contributed by atoms with Crippen LogP contribution in [0.15, 0.2) is 41.2 Å². The van der Waals surface area contributed by atoms with Gasteiger partial charge in [0.25, 0.3) is 11.5 Å². The highest BCUT2D eigenvalue weighted by Crippen LogP contribution is 2.37. The van der Waals surface area contributed by atoms with Crippen molar-refractivity contribution in [2.75, 3.05) is 38.6 Å². The molecule has 1 N–H and O–H groups in total. The summed E-state index contributed by atoms with van der Waals surface area (Å²) < 4.78 is 7.01. The Kier molecular flexibility index (Phi) is 6.16. The van der Waals surface area contributed by atoms with Gasteiger partial charge in [-0.05, 0) is 61.6 Å². The summed E-state index contributed by atoms with van der Waals surface area (Å²) in [6.07, 6.45) is 3.13. The number of pyridine rings is 1.